The number of ether oxygens (including phenoxy) is 1. The molecule has 16 heavy (non-hydrogen) atoms. The van der Waals surface area contributed by atoms with Crippen LogP contribution in [0.2, 0.25) is 0 Å². The van der Waals surface area contributed by atoms with Crippen molar-refractivity contribution >= 4 is 5.78 Å². The molecule has 88 valence electrons. The molecular weight excluding hydrogens is 207 g/mol. The van der Waals surface area contributed by atoms with Crippen LogP contribution in [0.1, 0.15) is 25.8 Å². The second-order valence-corrected chi connectivity index (χ2v) is 3.97. The molecule has 0 saturated heterocycles. The second-order valence-electron chi connectivity index (χ2n) is 3.97. The molecule has 0 heterocycles. The molecule has 0 spiro atoms. The van der Waals surface area contributed by atoms with E-state index >= 15 is 0 Å². The van der Waals surface area contributed by atoms with Gasteiger partial charge in [0, 0.05) is 5.92 Å². The first-order valence-corrected chi connectivity index (χ1v) is 5.46. The van der Waals surface area contributed by atoms with Crippen molar-refractivity contribution in [3.63, 3.8) is 0 Å². The Morgan fingerprint density at radius 1 is 1.50 bits per heavy atom. The Morgan fingerprint density at radius 3 is 2.75 bits per heavy atom. The fourth-order valence-corrected chi connectivity index (χ4v) is 1.29. The highest BCUT2D eigenvalue weighted by molar-refractivity contribution is 5.82. The third-order valence-corrected chi connectivity index (χ3v) is 2.67. The standard InChI is InChI=1S/C13H17FO2/c1-4-9(2)12(15)8-16-13-6-5-11(14)7-10(13)3/h5-7,9H,4,8H2,1-3H3. The van der Waals surface area contributed by atoms with Crippen LogP contribution in [0.5, 0.6) is 5.75 Å². The van der Waals surface area contributed by atoms with Gasteiger partial charge in [0.05, 0.1) is 0 Å². The van der Waals surface area contributed by atoms with Crippen LogP contribution in [-0.4, -0.2) is 12.4 Å². The Balaban J connectivity index is 2.58. The molecule has 1 aromatic rings. The van der Waals surface area contributed by atoms with E-state index in [2.05, 4.69) is 0 Å². The molecule has 1 atom stereocenters. The van der Waals surface area contributed by atoms with Gasteiger partial charge in [-0.1, -0.05) is 13.8 Å². The van der Waals surface area contributed by atoms with E-state index in [-0.39, 0.29) is 24.1 Å². The maximum atomic E-state index is 12.8. The minimum Gasteiger partial charge on any atom is -0.486 e. The van der Waals surface area contributed by atoms with Crippen LogP contribution in [0, 0.1) is 18.7 Å². The summed E-state index contributed by atoms with van der Waals surface area (Å²) in [6, 6.07) is 4.27. The zero-order valence-electron chi connectivity index (χ0n) is 9.92. The molecule has 0 aliphatic heterocycles. The predicted molar refractivity (Wildman–Crippen MR) is 61.1 cm³/mol. The molecule has 1 aromatic carbocycles. The summed E-state index contributed by atoms with van der Waals surface area (Å²) in [7, 11) is 0. The van der Waals surface area contributed by atoms with Gasteiger partial charge in [0.1, 0.15) is 18.2 Å². The van der Waals surface area contributed by atoms with Crippen molar-refractivity contribution in [1.29, 1.82) is 0 Å². The monoisotopic (exact) mass is 224 g/mol. The molecule has 0 radical (unpaired) electrons. The molecule has 0 saturated carbocycles. The van der Waals surface area contributed by atoms with Crippen LogP contribution < -0.4 is 4.74 Å². The van der Waals surface area contributed by atoms with Gasteiger partial charge in [-0.3, -0.25) is 4.79 Å². The lowest BCUT2D eigenvalue weighted by atomic mass is 10.0. The molecule has 0 bridgehead atoms. The molecule has 0 amide bonds. The highest BCUT2D eigenvalue weighted by atomic mass is 19.1. The molecule has 3 heteroatoms. The van der Waals surface area contributed by atoms with Crippen molar-refractivity contribution in [2.24, 2.45) is 5.92 Å². The first kappa shape index (κ1) is 12.7. The lowest BCUT2D eigenvalue weighted by Gasteiger charge is -2.11. The molecule has 0 aliphatic rings. The third-order valence-electron chi connectivity index (χ3n) is 2.67. The third kappa shape index (κ3) is 3.33. The number of halogens is 1. The number of hydrogen-bond donors (Lipinski definition) is 0. The minimum absolute atomic E-state index is 0.0146. The first-order valence-electron chi connectivity index (χ1n) is 5.46. The summed E-state index contributed by atoms with van der Waals surface area (Å²) in [5, 5.41) is 0. The van der Waals surface area contributed by atoms with Crippen molar-refractivity contribution in [2.75, 3.05) is 6.61 Å². The van der Waals surface area contributed by atoms with Crippen molar-refractivity contribution in [3.8, 4) is 5.75 Å². The average molecular weight is 224 g/mol. The zero-order valence-corrected chi connectivity index (χ0v) is 9.92. The largest absolute Gasteiger partial charge is 0.486 e. The second kappa shape index (κ2) is 5.64. The Kier molecular flexibility index (Phi) is 4.47. The average Bonchev–Trinajstić information content (AvgIpc) is 2.26. The van der Waals surface area contributed by atoms with E-state index < -0.39 is 0 Å². The number of hydrogen-bond acceptors (Lipinski definition) is 2. The fraction of sp³-hybridized carbons (Fsp3) is 0.462. The van der Waals surface area contributed by atoms with Crippen molar-refractivity contribution in [3.05, 3.63) is 29.6 Å². The smallest absolute Gasteiger partial charge is 0.172 e. The van der Waals surface area contributed by atoms with Crippen LogP contribution in [0.25, 0.3) is 0 Å². The normalized spacial score (nSPS) is 12.2. The fourth-order valence-electron chi connectivity index (χ4n) is 1.29. The Morgan fingerprint density at radius 2 is 2.19 bits per heavy atom. The van der Waals surface area contributed by atoms with E-state index in [9.17, 15) is 9.18 Å². The minimum atomic E-state index is -0.293. The van der Waals surface area contributed by atoms with Crippen LogP contribution in [-0.2, 0) is 4.79 Å². The number of carbonyl (C=O) groups is 1. The topological polar surface area (TPSA) is 26.3 Å². The Hall–Kier alpha value is -1.38. The number of rotatable bonds is 5. The summed E-state index contributed by atoms with van der Waals surface area (Å²) in [5.74, 6) is 0.364. The SMILES string of the molecule is CCC(C)C(=O)COc1ccc(F)cc1C. The van der Waals surface area contributed by atoms with Crippen molar-refractivity contribution in [2.45, 2.75) is 27.2 Å². The lowest BCUT2D eigenvalue weighted by Crippen LogP contribution is -2.18. The maximum absolute atomic E-state index is 12.8. The first-order chi connectivity index (χ1) is 7.54. The molecule has 1 unspecified atom stereocenters. The summed E-state index contributed by atoms with van der Waals surface area (Å²) in [6.07, 6.45) is 0.810. The molecule has 0 N–H and O–H groups in total. The van der Waals surface area contributed by atoms with Crippen LogP contribution in [0.4, 0.5) is 4.39 Å². The molecule has 2 nitrogen and oxygen atoms in total. The van der Waals surface area contributed by atoms with Gasteiger partial charge in [0.25, 0.3) is 0 Å². The van der Waals surface area contributed by atoms with Crippen LogP contribution in [0.15, 0.2) is 18.2 Å². The number of benzene rings is 1. The van der Waals surface area contributed by atoms with Gasteiger partial charge in [0.15, 0.2) is 5.78 Å². The van der Waals surface area contributed by atoms with Gasteiger partial charge >= 0.3 is 0 Å². The van der Waals surface area contributed by atoms with Gasteiger partial charge < -0.3 is 4.74 Å². The van der Waals surface area contributed by atoms with Gasteiger partial charge in [0.2, 0.25) is 0 Å². The number of Topliss-reactive ketones (excluding diaryl/α,β-unsaturated/α-hetero) is 1. The van der Waals surface area contributed by atoms with Crippen LogP contribution >= 0.6 is 0 Å². The van der Waals surface area contributed by atoms with E-state index in [0.29, 0.717) is 11.3 Å². The van der Waals surface area contributed by atoms with Gasteiger partial charge in [-0.05, 0) is 37.1 Å². The van der Waals surface area contributed by atoms with E-state index in [0.717, 1.165) is 6.42 Å². The number of carbonyl (C=O) groups excluding carboxylic acids is 1. The lowest BCUT2D eigenvalue weighted by molar-refractivity contribution is -0.124. The van der Waals surface area contributed by atoms with Gasteiger partial charge in [-0.25, -0.2) is 4.39 Å². The summed E-state index contributed by atoms with van der Waals surface area (Å²) in [4.78, 5) is 11.5. The summed E-state index contributed by atoms with van der Waals surface area (Å²) in [5.41, 5.74) is 0.706. The Labute approximate surface area is 95.4 Å². The highest BCUT2D eigenvalue weighted by Gasteiger charge is 2.11. The molecule has 0 aliphatic carbocycles. The zero-order chi connectivity index (χ0) is 12.1. The summed E-state index contributed by atoms with van der Waals surface area (Å²) >= 11 is 0. The summed E-state index contributed by atoms with van der Waals surface area (Å²) in [6.45, 7) is 5.66. The maximum Gasteiger partial charge on any atom is 0.172 e. The van der Waals surface area contributed by atoms with Crippen molar-refractivity contribution < 1.29 is 13.9 Å². The van der Waals surface area contributed by atoms with Gasteiger partial charge in [-0.15, -0.1) is 0 Å². The quantitative estimate of drug-likeness (QED) is 0.768. The predicted octanol–water partition coefficient (Wildman–Crippen LogP) is 3.13. The Bertz CT molecular complexity index is 374. The highest BCUT2D eigenvalue weighted by Crippen LogP contribution is 2.18. The van der Waals surface area contributed by atoms with Crippen molar-refractivity contribution in [1.82, 2.24) is 0 Å². The number of ketones is 1. The molecular formula is C13H17FO2. The number of aryl methyl sites for hydroxylation is 1. The van der Waals surface area contributed by atoms with E-state index in [1.807, 2.05) is 13.8 Å². The van der Waals surface area contributed by atoms with E-state index in [1.54, 1.807) is 13.0 Å². The molecule has 0 aromatic heterocycles. The molecule has 0 fully saturated rings. The van der Waals surface area contributed by atoms with E-state index in [1.165, 1.54) is 12.1 Å². The summed E-state index contributed by atoms with van der Waals surface area (Å²) < 4.78 is 18.2. The molecule has 1 rings (SSSR count). The van der Waals surface area contributed by atoms with Crippen LogP contribution in [0.3, 0.4) is 0 Å². The van der Waals surface area contributed by atoms with E-state index in [4.69, 9.17) is 4.74 Å². The van der Waals surface area contributed by atoms with Gasteiger partial charge in [-0.2, -0.15) is 0 Å².